The summed E-state index contributed by atoms with van der Waals surface area (Å²) in [5, 5.41) is 6.96. The average Bonchev–Trinajstić information content (AvgIpc) is 2.94. The molecule has 94 valence electrons. The lowest BCUT2D eigenvalue weighted by molar-refractivity contribution is 0.0945. The quantitative estimate of drug-likeness (QED) is 0.757. The fraction of sp³-hybridized carbons (Fsp3) is 0.0769. The second-order valence-corrected chi connectivity index (χ2v) is 3.97. The van der Waals surface area contributed by atoms with Crippen molar-refractivity contribution < 1.29 is 4.79 Å². The van der Waals surface area contributed by atoms with Crippen LogP contribution in [0.1, 0.15) is 16.1 Å². The van der Waals surface area contributed by atoms with Gasteiger partial charge >= 0.3 is 0 Å². The van der Waals surface area contributed by atoms with E-state index in [4.69, 9.17) is 0 Å². The minimum absolute atomic E-state index is 0.241. The third-order valence-corrected chi connectivity index (χ3v) is 2.76. The Bertz CT molecular complexity index is 707. The number of amides is 1. The van der Waals surface area contributed by atoms with E-state index in [1.807, 2.05) is 24.4 Å². The van der Waals surface area contributed by atoms with E-state index in [0.29, 0.717) is 12.2 Å². The van der Waals surface area contributed by atoms with E-state index in [-0.39, 0.29) is 5.91 Å². The van der Waals surface area contributed by atoms with Crippen LogP contribution in [0.2, 0.25) is 0 Å². The Morgan fingerprint density at radius 1 is 1.26 bits per heavy atom. The molecule has 6 heteroatoms. The number of hydrogen-bond acceptors (Lipinski definition) is 4. The maximum absolute atomic E-state index is 11.9. The number of carbonyl (C=O) groups excluding carboxylic acids is 1. The maximum atomic E-state index is 11.9. The molecule has 0 aliphatic carbocycles. The van der Waals surface area contributed by atoms with Crippen LogP contribution in [0.5, 0.6) is 0 Å². The summed E-state index contributed by atoms with van der Waals surface area (Å²) in [5.41, 5.74) is 2.28. The van der Waals surface area contributed by atoms with Gasteiger partial charge in [0.05, 0.1) is 11.7 Å². The minimum Gasteiger partial charge on any atom is -0.346 e. The number of hydrogen-bond donors (Lipinski definition) is 1. The topological polar surface area (TPSA) is 72.2 Å². The molecule has 3 aromatic heterocycles. The van der Waals surface area contributed by atoms with Gasteiger partial charge in [0, 0.05) is 31.3 Å². The summed E-state index contributed by atoms with van der Waals surface area (Å²) in [7, 11) is 0. The molecule has 1 amide bonds. The number of nitrogens with one attached hydrogen (secondary N) is 1. The zero-order chi connectivity index (χ0) is 13.1. The van der Waals surface area contributed by atoms with Gasteiger partial charge in [-0.15, -0.1) is 0 Å². The highest BCUT2D eigenvalue weighted by Crippen LogP contribution is 2.09. The van der Waals surface area contributed by atoms with Crippen LogP contribution in [0.15, 0.2) is 49.2 Å². The Hall–Kier alpha value is -2.76. The van der Waals surface area contributed by atoms with E-state index >= 15 is 0 Å². The Balaban J connectivity index is 1.76. The molecule has 0 aliphatic rings. The summed E-state index contributed by atoms with van der Waals surface area (Å²) in [5.74, 6) is -0.241. The molecule has 0 aliphatic heterocycles. The van der Waals surface area contributed by atoms with Crippen molar-refractivity contribution in [2.24, 2.45) is 0 Å². The monoisotopic (exact) mass is 253 g/mol. The van der Waals surface area contributed by atoms with E-state index in [0.717, 1.165) is 11.1 Å². The summed E-state index contributed by atoms with van der Waals surface area (Å²) in [6, 6.07) is 5.75. The van der Waals surface area contributed by atoms with Gasteiger partial charge in [0.15, 0.2) is 0 Å². The Labute approximate surface area is 109 Å². The van der Waals surface area contributed by atoms with Crippen molar-refractivity contribution in [3.05, 3.63) is 60.4 Å². The number of carbonyl (C=O) groups is 1. The SMILES string of the molecule is O=C(NCc1cccn2nccc12)c1cnccn1. The van der Waals surface area contributed by atoms with Crippen molar-refractivity contribution in [3.63, 3.8) is 0 Å². The lowest BCUT2D eigenvalue weighted by Crippen LogP contribution is -2.24. The number of pyridine rings is 1. The first-order valence-corrected chi connectivity index (χ1v) is 5.80. The molecule has 3 rings (SSSR count). The Kier molecular flexibility index (Phi) is 2.89. The van der Waals surface area contributed by atoms with Gasteiger partial charge in [0.2, 0.25) is 0 Å². The van der Waals surface area contributed by atoms with Crippen LogP contribution in [-0.4, -0.2) is 25.5 Å². The van der Waals surface area contributed by atoms with E-state index in [2.05, 4.69) is 20.4 Å². The normalized spacial score (nSPS) is 10.5. The van der Waals surface area contributed by atoms with E-state index < -0.39 is 0 Å². The molecule has 0 saturated heterocycles. The van der Waals surface area contributed by atoms with Crippen LogP contribution < -0.4 is 5.32 Å². The van der Waals surface area contributed by atoms with Crippen LogP contribution >= 0.6 is 0 Å². The van der Waals surface area contributed by atoms with Gasteiger partial charge in [-0.25, -0.2) is 9.50 Å². The summed E-state index contributed by atoms with van der Waals surface area (Å²) < 4.78 is 1.77. The van der Waals surface area contributed by atoms with Crippen LogP contribution in [0, 0.1) is 0 Å². The van der Waals surface area contributed by atoms with Crippen molar-refractivity contribution in [1.29, 1.82) is 0 Å². The van der Waals surface area contributed by atoms with Crippen LogP contribution in [0.3, 0.4) is 0 Å². The first-order valence-electron chi connectivity index (χ1n) is 5.80. The van der Waals surface area contributed by atoms with Crippen molar-refractivity contribution in [1.82, 2.24) is 24.9 Å². The number of rotatable bonds is 3. The highest BCUT2D eigenvalue weighted by Gasteiger charge is 2.07. The third kappa shape index (κ3) is 2.28. The second-order valence-electron chi connectivity index (χ2n) is 3.97. The maximum Gasteiger partial charge on any atom is 0.271 e. The second kappa shape index (κ2) is 4.85. The number of fused-ring (bicyclic) bond motifs is 1. The molecular weight excluding hydrogens is 242 g/mol. The van der Waals surface area contributed by atoms with Crippen molar-refractivity contribution in [2.75, 3.05) is 0 Å². The lowest BCUT2D eigenvalue weighted by atomic mass is 10.2. The van der Waals surface area contributed by atoms with E-state index in [1.165, 1.54) is 18.6 Å². The Morgan fingerprint density at radius 2 is 2.21 bits per heavy atom. The molecule has 3 aromatic rings. The van der Waals surface area contributed by atoms with Gasteiger partial charge in [-0.05, 0) is 17.7 Å². The highest BCUT2D eigenvalue weighted by molar-refractivity contribution is 5.91. The summed E-state index contributed by atoms with van der Waals surface area (Å²) in [6.45, 7) is 0.422. The van der Waals surface area contributed by atoms with Crippen molar-refractivity contribution in [2.45, 2.75) is 6.54 Å². The number of aromatic nitrogens is 4. The van der Waals surface area contributed by atoms with Gasteiger partial charge < -0.3 is 5.32 Å². The largest absolute Gasteiger partial charge is 0.346 e. The molecule has 0 unspecified atom stereocenters. The molecule has 0 fully saturated rings. The molecule has 3 heterocycles. The molecule has 0 saturated carbocycles. The zero-order valence-electron chi connectivity index (χ0n) is 10.0. The lowest BCUT2D eigenvalue weighted by Gasteiger charge is -2.06. The third-order valence-electron chi connectivity index (χ3n) is 2.76. The molecule has 0 bridgehead atoms. The van der Waals surface area contributed by atoms with Gasteiger partial charge in [-0.1, -0.05) is 6.07 Å². The fourth-order valence-corrected chi connectivity index (χ4v) is 1.85. The summed E-state index contributed by atoms with van der Waals surface area (Å²) in [6.07, 6.45) is 8.05. The van der Waals surface area contributed by atoms with Gasteiger partial charge in [-0.3, -0.25) is 9.78 Å². The van der Waals surface area contributed by atoms with E-state index in [9.17, 15) is 4.79 Å². The van der Waals surface area contributed by atoms with Crippen LogP contribution in [-0.2, 0) is 6.54 Å². The van der Waals surface area contributed by atoms with Crippen molar-refractivity contribution >= 4 is 11.4 Å². The average molecular weight is 253 g/mol. The predicted molar refractivity (Wildman–Crippen MR) is 68.4 cm³/mol. The first-order chi connectivity index (χ1) is 9.34. The molecule has 0 atom stereocenters. The van der Waals surface area contributed by atoms with Crippen LogP contribution in [0.25, 0.3) is 5.52 Å². The standard InChI is InChI=1S/C13H11N5O/c19-13(11-9-14-5-6-15-11)16-8-10-2-1-7-18-12(10)3-4-17-18/h1-7,9H,8H2,(H,16,19). The van der Waals surface area contributed by atoms with E-state index in [1.54, 1.807) is 10.7 Å². The van der Waals surface area contributed by atoms with Gasteiger partial charge in [-0.2, -0.15) is 5.10 Å². The first kappa shape index (κ1) is 11.3. The molecule has 0 radical (unpaired) electrons. The number of nitrogens with zero attached hydrogens (tertiary/aromatic N) is 4. The van der Waals surface area contributed by atoms with Crippen LogP contribution in [0.4, 0.5) is 0 Å². The molecule has 0 aromatic carbocycles. The molecular formula is C13H11N5O. The molecule has 6 nitrogen and oxygen atoms in total. The fourth-order valence-electron chi connectivity index (χ4n) is 1.85. The van der Waals surface area contributed by atoms with Crippen molar-refractivity contribution in [3.8, 4) is 0 Å². The zero-order valence-corrected chi connectivity index (χ0v) is 10.0. The summed E-state index contributed by atoms with van der Waals surface area (Å²) in [4.78, 5) is 19.7. The predicted octanol–water partition coefficient (Wildman–Crippen LogP) is 1.05. The van der Waals surface area contributed by atoms with Gasteiger partial charge in [0.25, 0.3) is 5.91 Å². The summed E-state index contributed by atoms with van der Waals surface area (Å²) >= 11 is 0. The minimum atomic E-state index is -0.241. The molecule has 0 spiro atoms. The molecule has 19 heavy (non-hydrogen) atoms. The Morgan fingerprint density at radius 3 is 3.05 bits per heavy atom. The van der Waals surface area contributed by atoms with Gasteiger partial charge in [0.1, 0.15) is 5.69 Å². The smallest absolute Gasteiger partial charge is 0.271 e. The molecule has 1 N–H and O–H groups in total. The highest BCUT2D eigenvalue weighted by atomic mass is 16.1.